The number of rotatable bonds is 5. The zero-order valence-electron chi connectivity index (χ0n) is 16.9. The smallest absolute Gasteiger partial charge is 0.417 e. The van der Waals surface area contributed by atoms with E-state index >= 15 is 0 Å². The van der Waals surface area contributed by atoms with Gasteiger partial charge in [-0.1, -0.05) is 12.1 Å². The Kier molecular flexibility index (Phi) is 6.69. The molecule has 1 aliphatic heterocycles. The molecule has 30 heavy (non-hydrogen) atoms. The standard InChI is InChI=1S/C21H25F3N4O2/c1-27(14-15-3-6-18(30-2)7-4-15)20(29)26-17-9-11-28(12-10-17)19-8-5-16(13-25-19)21(22,23)24/h3-8,13,17H,9-12,14H2,1-2H3,(H,26,29). The molecule has 2 amide bonds. The number of alkyl halides is 3. The maximum atomic E-state index is 12.7. The molecule has 1 saturated heterocycles. The molecule has 1 N–H and O–H groups in total. The molecular formula is C21H25F3N4O2. The number of hydrogen-bond donors (Lipinski definition) is 1. The molecule has 9 heteroatoms. The van der Waals surface area contributed by atoms with Crippen molar-refractivity contribution in [1.29, 1.82) is 0 Å². The number of hydrogen-bond acceptors (Lipinski definition) is 4. The van der Waals surface area contributed by atoms with Gasteiger partial charge >= 0.3 is 12.2 Å². The van der Waals surface area contributed by atoms with Gasteiger partial charge in [0.05, 0.1) is 12.7 Å². The van der Waals surface area contributed by atoms with E-state index in [1.807, 2.05) is 29.2 Å². The summed E-state index contributed by atoms with van der Waals surface area (Å²) >= 11 is 0. The van der Waals surface area contributed by atoms with Gasteiger partial charge in [-0.3, -0.25) is 0 Å². The molecule has 1 aromatic heterocycles. The van der Waals surface area contributed by atoms with Gasteiger partial charge in [-0.25, -0.2) is 9.78 Å². The van der Waals surface area contributed by atoms with Crippen LogP contribution in [0.4, 0.5) is 23.8 Å². The van der Waals surface area contributed by atoms with Crippen molar-refractivity contribution in [3.63, 3.8) is 0 Å². The van der Waals surface area contributed by atoms with E-state index in [4.69, 9.17) is 4.74 Å². The van der Waals surface area contributed by atoms with Crippen LogP contribution < -0.4 is 15.0 Å². The van der Waals surface area contributed by atoms with Crippen LogP contribution in [0.2, 0.25) is 0 Å². The molecule has 0 unspecified atom stereocenters. The third kappa shape index (κ3) is 5.55. The Bertz CT molecular complexity index is 833. The lowest BCUT2D eigenvalue weighted by molar-refractivity contribution is -0.137. The Morgan fingerprint density at radius 2 is 1.87 bits per heavy atom. The van der Waals surface area contributed by atoms with Crippen molar-refractivity contribution in [1.82, 2.24) is 15.2 Å². The van der Waals surface area contributed by atoms with Crippen LogP contribution in [0.3, 0.4) is 0 Å². The number of benzene rings is 1. The van der Waals surface area contributed by atoms with Crippen LogP contribution in [0.25, 0.3) is 0 Å². The summed E-state index contributed by atoms with van der Waals surface area (Å²) in [5.41, 5.74) is 0.241. The highest BCUT2D eigenvalue weighted by atomic mass is 19.4. The van der Waals surface area contributed by atoms with Crippen molar-refractivity contribution >= 4 is 11.8 Å². The Labute approximate surface area is 173 Å². The third-order valence-electron chi connectivity index (χ3n) is 5.15. The number of ether oxygens (including phenoxy) is 1. The van der Waals surface area contributed by atoms with Gasteiger partial charge in [0.1, 0.15) is 11.6 Å². The molecule has 3 rings (SSSR count). The highest BCUT2D eigenvalue weighted by Gasteiger charge is 2.31. The van der Waals surface area contributed by atoms with E-state index < -0.39 is 11.7 Å². The molecule has 0 spiro atoms. The summed E-state index contributed by atoms with van der Waals surface area (Å²) in [5, 5.41) is 3.03. The number of anilines is 1. The molecule has 1 fully saturated rings. The number of piperidine rings is 1. The first kappa shape index (κ1) is 21.7. The second-order valence-electron chi connectivity index (χ2n) is 7.32. The second-order valence-corrected chi connectivity index (χ2v) is 7.32. The van der Waals surface area contributed by atoms with Crippen LogP contribution in [-0.2, 0) is 12.7 Å². The summed E-state index contributed by atoms with van der Waals surface area (Å²) in [6.45, 7) is 1.71. The lowest BCUT2D eigenvalue weighted by Crippen LogP contribution is -2.48. The fraction of sp³-hybridized carbons (Fsp3) is 0.429. The Balaban J connectivity index is 1.47. The van der Waals surface area contributed by atoms with E-state index in [2.05, 4.69) is 10.3 Å². The van der Waals surface area contributed by atoms with E-state index in [1.165, 1.54) is 6.07 Å². The maximum Gasteiger partial charge on any atom is 0.417 e. The molecule has 2 heterocycles. The van der Waals surface area contributed by atoms with Crippen LogP contribution in [0, 0.1) is 0 Å². The normalized spacial score (nSPS) is 15.0. The Hall–Kier alpha value is -2.97. The molecule has 1 aliphatic rings. The minimum Gasteiger partial charge on any atom is -0.497 e. The fourth-order valence-corrected chi connectivity index (χ4v) is 3.36. The molecule has 162 valence electrons. The first-order chi connectivity index (χ1) is 14.3. The van der Waals surface area contributed by atoms with Crippen LogP contribution in [0.15, 0.2) is 42.6 Å². The molecule has 0 radical (unpaired) electrons. The molecule has 2 aromatic rings. The highest BCUT2D eigenvalue weighted by Crippen LogP contribution is 2.29. The highest BCUT2D eigenvalue weighted by molar-refractivity contribution is 5.74. The number of nitrogens with one attached hydrogen (secondary N) is 1. The van der Waals surface area contributed by atoms with E-state index in [1.54, 1.807) is 19.1 Å². The topological polar surface area (TPSA) is 57.7 Å². The summed E-state index contributed by atoms with van der Waals surface area (Å²) < 4.78 is 43.1. The van der Waals surface area contributed by atoms with Gasteiger partial charge in [0, 0.05) is 38.9 Å². The lowest BCUT2D eigenvalue weighted by atomic mass is 10.1. The molecule has 0 saturated carbocycles. The Morgan fingerprint density at radius 1 is 1.20 bits per heavy atom. The Morgan fingerprint density at radius 3 is 2.40 bits per heavy atom. The quantitative estimate of drug-likeness (QED) is 0.794. The number of methoxy groups -OCH3 is 1. The number of carbonyl (C=O) groups excluding carboxylic acids is 1. The minimum absolute atomic E-state index is 0.0153. The van der Waals surface area contributed by atoms with Crippen LogP contribution in [0.1, 0.15) is 24.0 Å². The summed E-state index contributed by atoms with van der Waals surface area (Å²) in [4.78, 5) is 20.0. The molecule has 6 nitrogen and oxygen atoms in total. The van der Waals surface area contributed by atoms with Gasteiger partial charge in [0.15, 0.2) is 0 Å². The van der Waals surface area contributed by atoms with Crippen molar-refractivity contribution < 1.29 is 22.7 Å². The average Bonchev–Trinajstić information content (AvgIpc) is 2.74. The second kappa shape index (κ2) is 9.23. The summed E-state index contributed by atoms with van der Waals surface area (Å²) in [5.74, 6) is 1.28. The summed E-state index contributed by atoms with van der Waals surface area (Å²) in [6.07, 6.45) is -2.13. The number of aromatic nitrogens is 1. The monoisotopic (exact) mass is 422 g/mol. The number of pyridine rings is 1. The van der Waals surface area contributed by atoms with E-state index in [9.17, 15) is 18.0 Å². The molecule has 0 atom stereocenters. The number of amides is 2. The van der Waals surface area contributed by atoms with Gasteiger partial charge in [-0.15, -0.1) is 0 Å². The minimum atomic E-state index is -4.39. The third-order valence-corrected chi connectivity index (χ3v) is 5.15. The van der Waals surface area contributed by atoms with Crippen molar-refractivity contribution in [3.8, 4) is 5.75 Å². The molecule has 0 aliphatic carbocycles. The molecule has 0 bridgehead atoms. The van der Waals surface area contributed by atoms with E-state index in [0.29, 0.717) is 38.3 Å². The first-order valence-corrected chi connectivity index (χ1v) is 9.69. The maximum absolute atomic E-state index is 12.7. The fourth-order valence-electron chi connectivity index (χ4n) is 3.36. The SMILES string of the molecule is COc1ccc(CN(C)C(=O)NC2CCN(c3ccc(C(F)(F)F)cn3)CC2)cc1. The van der Waals surface area contributed by atoms with Crippen molar-refractivity contribution in [2.45, 2.75) is 31.6 Å². The van der Waals surface area contributed by atoms with Crippen molar-refractivity contribution in [3.05, 3.63) is 53.7 Å². The zero-order chi connectivity index (χ0) is 21.7. The first-order valence-electron chi connectivity index (χ1n) is 9.69. The van der Waals surface area contributed by atoms with Gasteiger partial charge in [-0.05, 0) is 42.7 Å². The predicted octanol–water partition coefficient (Wildman–Crippen LogP) is 3.92. The predicted molar refractivity (Wildman–Crippen MR) is 107 cm³/mol. The van der Waals surface area contributed by atoms with Gasteiger partial charge in [0.25, 0.3) is 0 Å². The number of urea groups is 1. The van der Waals surface area contributed by atoms with Crippen molar-refractivity contribution in [2.24, 2.45) is 0 Å². The van der Waals surface area contributed by atoms with Gasteiger partial charge < -0.3 is 19.9 Å². The van der Waals surface area contributed by atoms with Gasteiger partial charge in [-0.2, -0.15) is 13.2 Å². The number of nitrogens with zero attached hydrogens (tertiary/aromatic N) is 3. The van der Waals surface area contributed by atoms with Crippen LogP contribution in [0.5, 0.6) is 5.75 Å². The van der Waals surface area contributed by atoms with Crippen LogP contribution >= 0.6 is 0 Å². The largest absolute Gasteiger partial charge is 0.497 e. The zero-order valence-corrected chi connectivity index (χ0v) is 16.9. The van der Waals surface area contributed by atoms with Crippen LogP contribution in [-0.4, -0.2) is 49.2 Å². The van der Waals surface area contributed by atoms with E-state index in [-0.39, 0.29) is 12.1 Å². The molecule has 1 aromatic carbocycles. The lowest BCUT2D eigenvalue weighted by Gasteiger charge is -2.34. The average molecular weight is 422 g/mol. The molecular weight excluding hydrogens is 397 g/mol. The van der Waals surface area contributed by atoms with E-state index in [0.717, 1.165) is 23.6 Å². The van der Waals surface area contributed by atoms with Crippen molar-refractivity contribution in [2.75, 3.05) is 32.1 Å². The summed E-state index contributed by atoms with van der Waals surface area (Å²) in [7, 11) is 3.34. The van der Waals surface area contributed by atoms with Gasteiger partial charge in [0.2, 0.25) is 0 Å². The summed E-state index contributed by atoms with van der Waals surface area (Å²) in [6, 6.07) is 9.84. The number of halogens is 3. The number of carbonyl (C=O) groups is 1.